The number of aromatic amines is 1. The second kappa shape index (κ2) is 10.3. The van der Waals surface area contributed by atoms with Gasteiger partial charge in [-0.15, -0.1) is 0 Å². The topological polar surface area (TPSA) is 107 Å². The maximum atomic E-state index is 12.5. The van der Waals surface area contributed by atoms with Crippen LogP contribution in [0.5, 0.6) is 0 Å². The molecule has 3 atom stereocenters. The van der Waals surface area contributed by atoms with E-state index in [4.69, 9.17) is 32.7 Å². The number of ether oxygens (including phenoxy) is 2. The normalized spacial score (nSPS) is 20.6. The Morgan fingerprint density at radius 1 is 1.28 bits per heavy atom. The second-order valence-corrected chi connectivity index (χ2v) is 8.13. The van der Waals surface area contributed by atoms with Crippen molar-refractivity contribution < 1.29 is 19.1 Å². The lowest BCUT2D eigenvalue weighted by atomic mass is 10.1. The largest absolute Gasteiger partial charge is 0.459 e. The lowest BCUT2D eigenvalue weighted by Crippen LogP contribution is -2.34. The highest BCUT2D eigenvalue weighted by Crippen LogP contribution is 2.31. The number of H-pyrrole nitrogens is 1. The highest BCUT2D eigenvalue weighted by Gasteiger charge is 2.37. The molecule has 3 rings (SSSR count). The third-order valence-corrected chi connectivity index (χ3v) is 5.76. The lowest BCUT2D eigenvalue weighted by molar-refractivity contribution is -0.147. The number of hydrogen-bond donors (Lipinski definition) is 1. The first-order valence-electron chi connectivity index (χ1n) is 10.0. The smallest absolute Gasteiger partial charge is 0.330 e. The average Bonchev–Trinajstić information content (AvgIpc) is 3.11. The van der Waals surface area contributed by atoms with E-state index in [0.717, 1.165) is 0 Å². The average molecular weight is 481 g/mol. The second-order valence-electron chi connectivity index (χ2n) is 7.32. The van der Waals surface area contributed by atoms with Crippen LogP contribution in [0.15, 0.2) is 46.1 Å². The van der Waals surface area contributed by atoms with Gasteiger partial charge in [0.05, 0.1) is 0 Å². The molecule has 2 aromatic rings. The molecule has 1 aliphatic rings. The summed E-state index contributed by atoms with van der Waals surface area (Å²) < 4.78 is 12.5. The van der Waals surface area contributed by atoms with Gasteiger partial charge in [0.15, 0.2) is 5.78 Å². The Kier molecular flexibility index (Phi) is 7.71. The Labute approximate surface area is 193 Å². The fraction of sp³-hybridized carbons (Fsp3) is 0.364. The molecule has 0 unspecified atom stereocenters. The quantitative estimate of drug-likeness (QED) is 0.482. The Hall–Kier alpha value is -2.68. The number of benzene rings is 1. The van der Waals surface area contributed by atoms with Gasteiger partial charge in [-0.1, -0.05) is 36.2 Å². The highest BCUT2D eigenvalue weighted by molar-refractivity contribution is 6.36. The maximum absolute atomic E-state index is 12.5. The molecule has 0 bridgehead atoms. The first-order valence-corrected chi connectivity index (χ1v) is 10.8. The van der Waals surface area contributed by atoms with Gasteiger partial charge < -0.3 is 9.47 Å². The summed E-state index contributed by atoms with van der Waals surface area (Å²) >= 11 is 12.2. The molecule has 0 radical (unpaired) electrons. The number of nitrogens with zero attached hydrogens (tertiary/aromatic N) is 1. The van der Waals surface area contributed by atoms with Crippen molar-refractivity contribution in [3.8, 4) is 0 Å². The SMILES string of the molecule is CCc1cn([C@H]2C[C@H](OC(C)=O)[C@@H](/C=C/C(=O)Cc3c(Cl)cccc3Cl)O2)c(=O)[nH]c1=O. The summed E-state index contributed by atoms with van der Waals surface area (Å²) in [5, 5.41) is 0.775. The van der Waals surface area contributed by atoms with Crippen LogP contribution in [-0.2, 0) is 31.9 Å². The summed E-state index contributed by atoms with van der Waals surface area (Å²) in [4.78, 5) is 50.4. The van der Waals surface area contributed by atoms with Gasteiger partial charge in [-0.2, -0.15) is 0 Å². The fourth-order valence-corrected chi connectivity index (χ4v) is 3.99. The molecule has 0 amide bonds. The Morgan fingerprint density at radius 3 is 2.59 bits per heavy atom. The van der Waals surface area contributed by atoms with Gasteiger partial charge in [0.25, 0.3) is 5.56 Å². The molecular weight excluding hydrogens is 459 g/mol. The van der Waals surface area contributed by atoms with Crippen LogP contribution in [0, 0.1) is 0 Å². The molecule has 1 saturated heterocycles. The van der Waals surface area contributed by atoms with E-state index in [1.165, 1.54) is 29.8 Å². The Balaban J connectivity index is 1.80. The van der Waals surface area contributed by atoms with Crippen molar-refractivity contribution in [1.29, 1.82) is 0 Å². The molecule has 0 aliphatic carbocycles. The van der Waals surface area contributed by atoms with Gasteiger partial charge in [-0.05, 0) is 36.3 Å². The maximum Gasteiger partial charge on any atom is 0.330 e. The molecule has 2 heterocycles. The van der Waals surface area contributed by atoms with Gasteiger partial charge >= 0.3 is 11.7 Å². The molecule has 1 aromatic carbocycles. The van der Waals surface area contributed by atoms with E-state index >= 15 is 0 Å². The van der Waals surface area contributed by atoms with Crippen LogP contribution in [0.1, 0.15) is 37.6 Å². The molecule has 1 N–H and O–H groups in total. The number of ketones is 1. The minimum Gasteiger partial charge on any atom is -0.459 e. The van der Waals surface area contributed by atoms with E-state index in [1.807, 2.05) is 0 Å². The van der Waals surface area contributed by atoms with Crippen molar-refractivity contribution >= 4 is 35.0 Å². The van der Waals surface area contributed by atoms with E-state index in [9.17, 15) is 19.2 Å². The van der Waals surface area contributed by atoms with Crippen molar-refractivity contribution in [2.24, 2.45) is 0 Å². The highest BCUT2D eigenvalue weighted by atomic mass is 35.5. The Morgan fingerprint density at radius 2 is 1.97 bits per heavy atom. The predicted molar refractivity (Wildman–Crippen MR) is 119 cm³/mol. The molecule has 8 nitrogen and oxygen atoms in total. The van der Waals surface area contributed by atoms with Crippen LogP contribution >= 0.6 is 23.2 Å². The molecule has 0 saturated carbocycles. The number of allylic oxidation sites excluding steroid dienone is 1. The van der Waals surface area contributed by atoms with Crippen molar-refractivity contribution in [2.75, 3.05) is 0 Å². The molecular formula is C22H22Cl2N2O6. The third kappa shape index (κ3) is 5.56. The van der Waals surface area contributed by atoms with Gasteiger partial charge in [0, 0.05) is 41.6 Å². The van der Waals surface area contributed by atoms with Crippen LogP contribution < -0.4 is 11.2 Å². The van der Waals surface area contributed by atoms with Crippen molar-refractivity contribution in [3.63, 3.8) is 0 Å². The summed E-state index contributed by atoms with van der Waals surface area (Å²) in [6.45, 7) is 3.05. The number of rotatable bonds is 7. The zero-order valence-corrected chi connectivity index (χ0v) is 19.0. The number of carbonyl (C=O) groups excluding carboxylic acids is 2. The van der Waals surface area contributed by atoms with Gasteiger partial charge in [0.2, 0.25) is 0 Å². The molecule has 32 heavy (non-hydrogen) atoms. The monoisotopic (exact) mass is 480 g/mol. The van der Waals surface area contributed by atoms with E-state index in [2.05, 4.69) is 4.98 Å². The number of esters is 1. The van der Waals surface area contributed by atoms with E-state index in [0.29, 0.717) is 27.6 Å². The van der Waals surface area contributed by atoms with Crippen LogP contribution in [0.3, 0.4) is 0 Å². The zero-order chi connectivity index (χ0) is 23.4. The van der Waals surface area contributed by atoms with Crippen LogP contribution in [0.2, 0.25) is 10.0 Å². The molecule has 1 aliphatic heterocycles. The van der Waals surface area contributed by atoms with Gasteiger partial charge in [-0.3, -0.25) is 23.9 Å². The Bertz CT molecular complexity index is 1150. The molecule has 170 valence electrons. The molecule has 10 heteroatoms. The molecule has 1 fully saturated rings. The van der Waals surface area contributed by atoms with Crippen molar-refractivity contribution in [3.05, 3.63) is 78.6 Å². The molecule has 0 spiro atoms. The minimum atomic E-state index is -0.781. The van der Waals surface area contributed by atoms with Crippen molar-refractivity contribution in [1.82, 2.24) is 9.55 Å². The molecule has 1 aromatic heterocycles. The number of carbonyl (C=O) groups is 2. The summed E-state index contributed by atoms with van der Waals surface area (Å²) in [6.07, 6.45) is 2.57. The van der Waals surface area contributed by atoms with E-state index in [1.54, 1.807) is 25.1 Å². The van der Waals surface area contributed by atoms with Crippen molar-refractivity contribution in [2.45, 2.75) is 51.5 Å². The predicted octanol–water partition coefficient (Wildman–Crippen LogP) is 2.99. The lowest BCUT2D eigenvalue weighted by Gasteiger charge is -2.15. The van der Waals surface area contributed by atoms with Gasteiger partial charge in [0.1, 0.15) is 18.4 Å². The first-order chi connectivity index (χ1) is 15.2. The van der Waals surface area contributed by atoms with Crippen LogP contribution in [-0.4, -0.2) is 33.5 Å². The van der Waals surface area contributed by atoms with E-state index in [-0.39, 0.29) is 18.6 Å². The standard InChI is InChI=1S/C22H22Cl2N2O6/c1-3-13-11-26(22(30)25-21(13)29)20-10-19(31-12(2)27)18(32-20)8-7-14(28)9-15-16(23)5-4-6-17(15)24/h4-8,11,18-20H,3,9-10H2,1-2H3,(H,25,29,30)/b8-7+/t18-,19+,20-/m1/s1. The zero-order valence-electron chi connectivity index (χ0n) is 17.5. The number of hydrogen-bond acceptors (Lipinski definition) is 6. The van der Waals surface area contributed by atoms with Crippen LogP contribution in [0.4, 0.5) is 0 Å². The number of halogens is 2. The fourth-order valence-electron chi connectivity index (χ4n) is 3.46. The number of aryl methyl sites for hydroxylation is 1. The summed E-state index contributed by atoms with van der Waals surface area (Å²) in [6, 6.07) is 4.98. The number of nitrogens with one attached hydrogen (secondary N) is 1. The van der Waals surface area contributed by atoms with Crippen LogP contribution in [0.25, 0.3) is 0 Å². The number of aromatic nitrogens is 2. The van der Waals surface area contributed by atoms with E-state index < -0.39 is 35.7 Å². The van der Waals surface area contributed by atoms with Gasteiger partial charge in [-0.25, -0.2) is 4.79 Å². The third-order valence-electron chi connectivity index (χ3n) is 5.05. The summed E-state index contributed by atoms with van der Waals surface area (Å²) in [5.41, 5.74) is -0.154. The minimum absolute atomic E-state index is 0.0113. The summed E-state index contributed by atoms with van der Waals surface area (Å²) in [5.74, 6) is -0.794. The summed E-state index contributed by atoms with van der Waals surface area (Å²) in [7, 11) is 0. The first kappa shape index (κ1) is 24.0.